The van der Waals surface area contributed by atoms with Crippen molar-refractivity contribution in [2.45, 2.75) is 39.8 Å². The average molecular weight is 465 g/mol. The molecule has 6 heteroatoms. The monoisotopic (exact) mass is 464 g/mol. The second kappa shape index (κ2) is 9.58. The maximum Gasteiger partial charge on any atom is 0.322 e. The molecule has 1 N–H and O–H groups in total. The zero-order valence-corrected chi connectivity index (χ0v) is 20.2. The Morgan fingerprint density at radius 2 is 1.60 bits per heavy atom. The van der Waals surface area contributed by atoms with Crippen LogP contribution in [-0.4, -0.2) is 21.1 Å². The van der Waals surface area contributed by atoms with Crippen LogP contribution in [0.1, 0.15) is 48.0 Å². The fourth-order valence-corrected chi connectivity index (χ4v) is 4.36. The quantitative estimate of drug-likeness (QED) is 0.363. The topological polar surface area (TPSA) is 71.3 Å². The number of nitrogens with one attached hydrogen (secondary N) is 1. The van der Waals surface area contributed by atoms with Crippen molar-refractivity contribution >= 4 is 11.6 Å². The lowest BCUT2D eigenvalue weighted by Crippen LogP contribution is -2.45. The van der Waals surface area contributed by atoms with Gasteiger partial charge in [0.25, 0.3) is 5.89 Å². The normalized spacial score (nSPS) is 15.9. The van der Waals surface area contributed by atoms with E-state index >= 15 is 0 Å². The first kappa shape index (κ1) is 22.6. The SMILES string of the molecule is CCc1ccc(C2NC(=O)N(Cc3ccc(C)cc3)C(C)=C2c2nc(-c3ccccc3)no2)cc1. The van der Waals surface area contributed by atoms with E-state index in [1.54, 1.807) is 4.90 Å². The van der Waals surface area contributed by atoms with Crippen molar-refractivity contribution in [2.24, 2.45) is 0 Å². The number of aromatic nitrogens is 2. The van der Waals surface area contributed by atoms with Gasteiger partial charge in [0.05, 0.1) is 18.2 Å². The van der Waals surface area contributed by atoms with Gasteiger partial charge in [-0.25, -0.2) is 4.79 Å². The predicted octanol–water partition coefficient (Wildman–Crippen LogP) is 6.31. The Morgan fingerprint density at radius 3 is 2.29 bits per heavy atom. The number of amides is 2. The van der Waals surface area contributed by atoms with Gasteiger partial charge in [0.15, 0.2) is 0 Å². The van der Waals surface area contributed by atoms with Crippen molar-refractivity contribution in [1.29, 1.82) is 0 Å². The van der Waals surface area contributed by atoms with Crippen molar-refractivity contribution < 1.29 is 9.32 Å². The minimum Gasteiger partial charge on any atom is -0.334 e. The fourth-order valence-electron chi connectivity index (χ4n) is 4.36. The number of benzene rings is 3. The molecule has 6 nitrogen and oxygen atoms in total. The molecule has 0 aliphatic carbocycles. The predicted molar refractivity (Wildman–Crippen MR) is 136 cm³/mol. The fraction of sp³-hybridized carbons (Fsp3) is 0.207. The van der Waals surface area contributed by atoms with Crippen molar-refractivity contribution in [3.63, 3.8) is 0 Å². The van der Waals surface area contributed by atoms with Crippen LogP contribution in [0.25, 0.3) is 17.0 Å². The van der Waals surface area contributed by atoms with E-state index in [-0.39, 0.29) is 6.03 Å². The molecule has 176 valence electrons. The van der Waals surface area contributed by atoms with E-state index in [9.17, 15) is 4.79 Å². The molecule has 1 unspecified atom stereocenters. The summed E-state index contributed by atoms with van der Waals surface area (Å²) >= 11 is 0. The Morgan fingerprint density at radius 1 is 0.914 bits per heavy atom. The van der Waals surface area contributed by atoms with E-state index in [4.69, 9.17) is 9.51 Å². The molecule has 35 heavy (non-hydrogen) atoms. The molecular weight excluding hydrogens is 436 g/mol. The Balaban J connectivity index is 1.58. The molecule has 3 aromatic carbocycles. The highest BCUT2D eigenvalue weighted by Gasteiger charge is 2.35. The number of allylic oxidation sites excluding steroid dienone is 1. The molecular formula is C29H28N4O2. The molecule has 5 rings (SSSR count). The summed E-state index contributed by atoms with van der Waals surface area (Å²) in [6.45, 7) is 6.57. The molecule has 1 aliphatic rings. The molecule has 1 aliphatic heterocycles. The summed E-state index contributed by atoms with van der Waals surface area (Å²) in [7, 11) is 0. The minimum atomic E-state index is -0.397. The van der Waals surface area contributed by atoms with Crippen LogP contribution in [0.5, 0.6) is 0 Å². The van der Waals surface area contributed by atoms with Crippen LogP contribution in [0, 0.1) is 6.92 Å². The van der Waals surface area contributed by atoms with Crippen LogP contribution in [0.3, 0.4) is 0 Å². The van der Waals surface area contributed by atoms with Gasteiger partial charge in [-0.3, -0.25) is 4.90 Å². The van der Waals surface area contributed by atoms with Crippen LogP contribution >= 0.6 is 0 Å². The number of hydrogen-bond donors (Lipinski definition) is 1. The molecule has 4 aromatic rings. The molecule has 0 saturated heterocycles. The van der Waals surface area contributed by atoms with Gasteiger partial charge >= 0.3 is 6.03 Å². The van der Waals surface area contributed by atoms with Gasteiger partial charge in [-0.2, -0.15) is 4.98 Å². The molecule has 1 atom stereocenters. The second-order valence-electron chi connectivity index (χ2n) is 8.84. The van der Waals surface area contributed by atoms with Crippen LogP contribution in [-0.2, 0) is 13.0 Å². The number of aryl methyl sites for hydroxylation is 2. The highest BCUT2D eigenvalue weighted by Crippen LogP contribution is 2.38. The minimum absolute atomic E-state index is 0.154. The number of hydrogen-bond acceptors (Lipinski definition) is 4. The first-order chi connectivity index (χ1) is 17.0. The Kier molecular flexibility index (Phi) is 6.19. The van der Waals surface area contributed by atoms with Crippen LogP contribution in [0.2, 0.25) is 0 Å². The van der Waals surface area contributed by atoms with Crippen molar-refractivity contribution in [3.05, 3.63) is 113 Å². The molecule has 0 spiro atoms. The molecule has 0 fully saturated rings. The first-order valence-corrected chi connectivity index (χ1v) is 11.9. The molecule has 0 saturated carbocycles. The van der Waals surface area contributed by atoms with Crippen LogP contribution in [0.4, 0.5) is 4.79 Å². The second-order valence-corrected chi connectivity index (χ2v) is 8.84. The van der Waals surface area contributed by atoms with Crippen LogP contribution < -0.4 is 5.32 Å². The van der Waals surface area contributed by atoms with E-state index in [1.807, 2.05) is 49.4 Å². The van der Waals surface area contributed by atoms with Gasteiger partial charge in [-0.15, -0.1) is 0 Å². The van der Waals surface area contributed by atoms with E-state index < -0.39 is 6.04 Å². The largest absolute Gasteiger partial charge is 0.334 e. The lowest BCUT2D eigenvalue weighted by molar-refractivity contribution is 0.203. The molecule has 1 aromatic heterocycles. The number of rotatable bonds is 6. The highest BCUT2D eigenvalue weighted by atomic mass is 16.5. The maximum atomic E-state index is 13.3. The van der Waals surface area contributed by atoms with E-state index in [0.717, 1.165) is 34.4 Å². The highest BCUT2D eigenvalue weighted by molar-refractivity contribution is 5.86. The summed E-state index contributed by atoms with van der Waals surface area (Å²) in [5.41, 5.74) is 6.91. The molecule has 0 bridgehead atoms. The van der Waals surface area contributed by atoms with Gasteiger partial charge in [-0.1, -0.05) is 96.5 Å². The third-order valence-electron chi connectivity index (χ3n) is 6.47. The standard InChI is InChI=1S/C29H28N4O2/c1-4-21-14-16-23(17-15-21)26-25(28-31-27(32-35-28)24-8-6-5-7-9-24)20(3)33(29(34)30-26)18-22-12-10-19(2)11-13-22/h5-17,26H,4,18H2,1-3H3,(H,30,34). The average Bonchev–Trinajstić information content (AvgIpc) is 3.38. The number of carbonyl (C=O) groups is 1. The number of carbonyl (C=O) groups excluding carboxylic acids is 1. The summed E-state index contributed by atoms with van der Waals surface area (Å²) < 4.78 is 5.78. The molecule has 2 heterocycles. The molecule has 0 radical (unpaired) electrons. The van der Waals surface area contributed by atoms with Crippen molar-refractivity contribution in [1.82, 2.24) is 20.4 Å². The third-order valence-corrected chi connectivity index (χ3v) is 6.47. The lowest BCUT2D eigenvalue weighted by Gasteiger charge is -2.35. The summed E-state index contributed by atoms with van der Waals surface area (Å²) in [6, 6.07) is 25.7. The summed E-state index contributed by atoms with van der Waals surface area (Å²) in [5, 5.41) is 7.42. The number of nitrogens with zero attached hydrogens (tertiary/aromatic N) is 3. The Labute approximate surface area is 205 Å². The lowest BCUT2D eigenvalue weighted by atomic mass is 9.93. The van der Waals surface area contributed by atoms with E-state index in [2.05, 4.69) is 60.7 Å². The Bertz CT molecular complexity index is 1360. The number of urea groups is 1. The summed E-state index contributed by atoms with van der Waals surface area (Å²) in [5.74, 6) is 0.919. The molecule has 2 amide bonds. The maximum absolute atomic E-state index is 13.3. The third kappa shape index (κ3) is 4.60. The van der Waals surface area contributed by atoms with Crippen molar-refractivity contribution in [3.8, 4) is 11.4 Å². The van der Waals surface area contributed by atoms with Gasteiger partial charge in [-0.05, 0) is 37.0 Å². The van der Waals surface area contributed by atoms with Gasteiger partial charge < -0.3 is 9.84 Å². The zero-order chi connectivity index (χ0) is 24.4. The van der Waals surface area contributed by atoms with E-state index in [0.29, 0.717) is 18.3 Å². The first-order valence-electron chi connectivity index (χ1n) is 11.9. The van der Waals surface area contributed by atoms with Gasteiger partial charge in [0.1, 0.15) is 0 Å². The Hall–Kier alpha value is -4.19. The summed E-state index contributed by atoms with van der Waals surface area (Å²) in [4.78, 5) is 19.8. The van der Waals surface area contributed by atoms with Crippen LogP contribution in [0.15, 0.2) is 89.1 Å². The van der Waals surface area contributed by atoms with E-state index in [1.165, 1.54) is 11.1 Å². The smallest absolute Gasteiger partial charge is 0.322 e. The summed E-state index contributed by atoms with van der Waals surface area (Å²) in [6.07, 6.45) is 0.952. The van der Waals surface area contributed by atoms with Gasteiger partial charge in [0.2, 0.25) is 5.82 Å². The van der Waals surface area contributed by atoms with Crippen molar-refractivity contribution in [2.75, 3.05) is 0 Å². The van der Waals surface area contributed by atoms with Gasteiger partial charge in [0, 0.05) is 11.3 Å². The zero-order valence-electron chi connectivity index (χ0n) is 20.2.